The van der Waals surface area contributed by atoms with Crippen LogP contribution in [0.2, 0.25) is 5.02 Å². The molecule has 3 aromatic carbocycles. The minimum absolute atomic E-state index is 0.183. The first-order chi connectivity index (χ1) is 15.1. The maximum Gasteiger partial charge on any atom is 0.263 e. The molecule has 0 radical (unpaired) electrons. The van der Waals surface area contributed by atoms with E-state index in [0.29, 0.717) is 17.2 Å². The normalized spacial score (nSPS) is 13.3. The second kappa shape index (κ2) is 10.1. The molecule has 32 heavy (non-hydrogen) atoms. The molecule has 1 amide bonds. The van der Waals surface area contributed by atoms with Gasteiger partial charge in [0.2, 0.25) is 0 Å². The second-order valence-electron chi connectivity index (χ2n) is 8.32. The summed E-state index contributed by atoms with van der Waals surface area (Å²) in [6.45, 7) is 5.18. The molecule has 0 bridgehead atoms. The lowest BCUT2D eigenvalue weighted by molar-refractivity contribution is -0.135. The summed E-state index contributed by atoms with van der Waals surface area (Å²) in [4.78, 5) is 13.0. The summed E-state index contributed by atoms with van der Waals surface area (Å²) in [5.74, 6) is -0.832. The summed E-state index contributed by atoms with van der Waals surface area (Å²) in [6.07, 6.45) is 0.585. The Bertz CT molecular complexity index is 1050. The molecule has 0 aliphatic carbocycles. The maximum atomic E-state index is 14.0. The van der Waals surface area contributed by atoms with Gasteiger partial charge >= 0.3 is 0 Å². The van der Waals surface area contributed by atoms with Crippen LogP contribution in [0, 0.1) is 11.6 Å². The third-order valence-corrected chi connectivity index (χ3v) is 5.59. The number of halogens is 3. The van der Waals surface area contributed by atoms with E-state index in [1.807, 2.05) is 37.3 Å². The molecule has 168 valence electrons. The fourth-order valence-electron chi connectivity index (χ4n) is 3.52. The number of hydrogen-bond acceptors (Lipinski definition) is 2. The van der Waals surface area contributed by atoms with Crippen LogP contribution in [0.15, 0.2) is 72.8 Å². The number of ether oxygens (including phenoxy) is 1. The third kappa shape index (κ3) is 6.30. The molecule has 6 heteroatoms. The average Bonchev–Trinajstić information content (AvgIpc) is 2.74. The van der Waals surface area contributed by atoms with E-state index >= 15 is 0 Å². The highest BCUT2D eigenvalue weighted by Gasteiger charge is 2.33. The SMILES string of the molecule is CC(NC(=O)C(C)(C)Oc1ccc(F)cc1)C(Cc1ccc(Cl)cc1)c1cccc(F)c1. The molecule has 2 unspecified atom stereocenters. The summed E-state index contributed by atoms with van der Waals surface area (Å²) in [5.41, 5.74) is 0.607. The minimum atomic E-state index is -1.20. The smallest absolute Gasteiger partial charge is 0.263 e. The first-order valence-electron chi connectivity index (χ1n) is 10.4. The molecule has 0 fully saturated rings. The fourth-order valence-corrected chi connectivity index (χ4v) is 3.65. The lowest BCUT2D eigenvalue weighted by atomic mass is 9.86. The highest BCUT2D eigenvalue weighted by molar-refractivity contribution is 6.30. The number of hydrogen-bond donors (Lipinski definition) is 1. The highest BCUT2D eigenvalue weighted by atomic mass is 35.5. The van der Waals surface area contributed by atoms with Gasteiger partial charge in [-0.3, -0.25) is 4.79 Å². The van der Waals surface area contributed by atoms with Crippen molar-refractivity contribution in [2.45, 2.75) is 44.8 Å². The maximum absolute atomic E-state index is 14.0. The van der Waals surface area contributed by atoms with Crippen molar-refractivity contribution in [3.63, 3.8) is 0 Å². The van der Waals surface area contributed by atoms with Gasteiger partial charge in [-0.2, -0.15) is 0 Å². The molecule has 3 aromatic rings. The van der Waals surface area contributed by atoms with E-state index in [0.717, 1.165) is 11.1 Å². The Morgan fingerprint density at radius 1 is 1.00 bits per heavy atom. The lowest BCUT2D eigenvalue weighted by Gasteiger charge is -2.31. The second-order valence-corrected chi connectivity index (χ2v) is 8.76. The van der Waals surface area contributed by atoms with Gasteiger partial charge in [0.1, 0.15) is 17.4 Å². The molecule has 3 nitrogen and oxygen atoms in total. The average molecular weight is 458 g/mol. The molecule has 0 heterocycles. The molecule has 0 aliphatic heterocycles. The third-order valence-electron chi connectivity index (χ3n) is 5.34. The van der Waals surface area contributed by atoms with Crippen molar-refractivity contribution in [1.82, 2.24) is 5.32 Å². The zero-order valence-corrected chi connectivity index (χ0v) is 19.0. The van der Waals surface area contributed by atoms with Gasteiger partial charge in [-0.1, -0.05) is 35.9 Å². The van der Waals surface area contributed by atoms with E-state index in [1.165, 1.54) is 36.4 Å². The molecule has 2 atom stereocenters. The number of rotatable bonds is 8. The zero-order valence-electron chi connectivity index (χ0n) is 18.2. The molecule has 0 saturated carbocycles. The van der Waals surface area contributed by atoms with Crippen LogP contribution in [0.4, 0.5) is 8.78 Å². The van der Waals surface area contributed by atoms with Gasteiger partial charge in [0.15, 0.2) is 5.60 Å². The molecular weight excluding hydrogens is 432 g/mol. The van der Waals surface area contributed by atoms with E-state index in [4.69, 9.17) is 16.3 Å². The van der Waals surface area contributed by atoms with Crippen molar-refractivity contribution in [3.8, 4) is 5.75 Å². The molecule has 1 N–H and O–H groups in total. The summed E-state index contributed by atoms with van der Waals surface area (Å²) in [5, 5.41) is 3.65. The van der Waals surface area contributed by atoms with Crippen molar-refractivity contribution < 1.29 is 18.3 Å². The van der Waals surface area contributed by atoms with Gasteiger partial charge in [0.05, 0.1) is 0 Å². The first kappa shape index (κ1) is 23.7. The van der Waals surface area contributed by atoms with Gasteiger partial charge in [-0.25, -0.2) is 8.78 Å². The quantitative estimate of drug-likeness (QED) is 0.430. The Kier molecular flexibility index (Phi) is 7.52. The van der Waals surface area contributed by atoms with E-state index in [-0.39, 0.29) is 29.5 Å². The van der Waals surface area contributed by atoms with Crippen molar-refractivity contribution >= 4 is 17.5 Å². The van der Waals surface area contributed by atoms with Crippen LogP contribution >= 0.6 is 11.6 Å². The predicted molar refractivity (Wildman–Crippen MR) is 123 cm³/mol. The Morgan fingerprint density at radius 2 is 1.66 bits per heavy atom. The Labute approximate surface area is 192 Å². The van der Waals surface area contributed by atoms with Gasteiger partial charge in [-0.15, -0.1) is 0 Å². The number of benzene rings is 3. The Balaban J connectivity index is 1.78. The van der Waals surface area contributed by atoms with Crippen LogP contribution in [0.3, 0.4) is 0 Å². The summed E-state index contributed by atoms with van der Waals surface area (Å²) < 4.78 is 32.9. The van der Waals surface area contributed by atoms with Gasteiger partial charge in [0.25, 0.3) is 5.91 Å². The van der Waals surface area contributed by atoms with Crippen molar-refractivity contribution in [2.75, 3.05) is 0 Å². The van der Waals surface area contributed by atoms with E-state index in [2.05, 4.69) is 5.32 Å². The van der Waals surface area contributed by atoms with Crippen molar-refractivity contribution in [3.05, 3.63) is 101 Å². The molecule has 0 spiro atoms. The van der Waals surface area contributed by atoms with Crippen LogP contribution in [-0.2, 0) is 11.2 Å². The number of carbonyl (C=O) groups is 1. The van der Waals surface area contributed by atoms with Crippen molar-refractivity contribution in [1.29, 1.82) is 0 Å². The van der Waals surface area contributed by atoms with Crippen molar-refractivity contribution in [2.24, 2.45) is 0 Å². The van der Waals surface area contributed by atoms with Crippen LogP contribution in [0.5, 0.6) is 5.75 Å². The summed E-state index contributed by atoms with van der Waals surface area (Å²) in [6, 6.07) is 19.0. The summed E-state index contributed by atoms with van der Waals surface area (Å²) >= 11 is 6.00. The van der Waals surface area contributed by atoms with Crippen LogP contribution in [0.1, 0.15) is 37.8 Å². The van der Waals surface area contributed by atoms with Gasteiger partial charge < -0.3 is 10.1 Å². The minimum Gasteiger partial charge on any atom is -0.478 e. The van der Waals surface area contributed by atoms with E-state index in [1.54, 1.807) is 19.9 Å². The number of carbonyl (C=O) groups excluding carboxylic acids is 1. The molecule has 0 aromatic heterocycles. The highest BCUT2D eigenvalue weighted by Crippen LogP contribution is 2.27. The topological polar surface area (TPSA) is 38.3 Å². The molecule has 3 rings (SSSR count). The molecular formula is C26H26ClF2NO2. The zero-order chi connectivity index (χ0) is 23.3. The van der Waals surface area contributed by atoms with Crippen LogP contribution in [0.25, 0.3) is 0 Å². The van der Waals surface area contributed by atoms with Gasteiger partial charge in [-0.05, 0) is 86.8 Å². The number of amides is 1. The Hall–Kier alpha value is -2.92. The van der Waals surface area contributed by atoms with Crippen LogP contribution < -0.4 is 10.1 Å². The fraction of sp³-hybridized carbons (Fsp3) is 0.269. The standard InChI is InChI=1S/C26H26ClF2NO2/c1-17(30-25(31)26(2,3)32-23-13-11-21(28)12-14-23)24(19-5-4-6-22(29)16-19)15-18-7-9-20(27)10-8-18/h4-14,16-17,24H,15H2,1-3H3,(H,30,31). The van der Waals surface area contributed by atoms with E-state index < -0.39 is 5.60 Å². The lowest BCUT2D eigenvalue weighted by Crippen LogP contribution is -2.51. The largest absolute Gasteiger partial charge is 0.478 e. The molecule has 0 saturated heterocycles. The predicted octanol–water partition coefficient (Wildman–Crippen LogP) is 6.31. The molecule has 0 aliphatic rings. The van der Waals surface area contributed by atoms with Gasteiger partial charge in [0, 0.05) is 17.0 Å². The van der Waals surface area contributed by atoms with E-state index in [9.17, 15) is 13.6 Å². The Morgan fingerprint density at radius 3 is 2.28 bits per heavy atom. The number of nitrogens with one attached hydrogen (secondary N) is 1. The monoisotopic (exact) mass is 457 g/mol. The summed E-state index contributed by atoms with van der Waals surface area (Å²) in [7, 11) is 0. The first-order valence-corrected chi connectivity index (χ1v) is 10.8. The van der Waals surface area contributed by atoms with Crippen LogP contribution in [-0.4, -0.2) is 17.6 Å².